The molecule has 0 spiro atoms. The van der Waals surface area contributed by atoms with E-state index in [2.05, 4.69) is 25.2 Å². The highest BCUT2D eigenvalue weighted by Crippen LogP contribution is 2.28. The third kappa shape index (κ3) is 4.42. The van der Waals surface area contributed by atoms with E-state index in [1.54, 1.807) is 15.1 Å². The minimum atomic E-state index is -3.55. The van der Waals surface area contributed by atoms with E-state index in [0.29, 0.717) is 54.7 Å². The van der Waals surface area contributed by atoms with E-state index in [9.17, 15) is 8.42 Å². The summed E-state index contributed by atoms with van der Waals surface area (Å²) < 4.78 is 35.6. The molecule has 1 fully saturated rings. The van der Waals surface area contributed by atoms with E-state index < -0.39 is 10.0 Å². The van der Waals surface area contributed by atoms with Crippen molar-refractivity contribution in [2.75, 3.05) is 37.7 Å². The van der Waals surface area contributed by atoms with E-state index in [0.717, 1.165) is 30.7 Å². The molecule has 1 saturated heterocycles. The first kappa shape index (κ1) is 23.8. The molecule has 0 amide bonds. The first-order chi connectivity index (χ1) is 18.0. The van der Waals surface area contributed by atoms with Gasteiger partial charge < -0.3 is 9.64 Å². The Morgan fingerprint density at radius 3 is 2.43 bits per heavy atom. The van der Waals surface area contributed by atoms with Crippen molar-refractivity contribution in [2.45, 2.75) is 37.5 Å². The van der Waals surface area contributed by atoms with Gasteiger partial charge in [0.2, 0.25) is 10.0 Å². The molecule has 1 aliphatic heterocycles. The van der Waals surface area contributed by atoms with Gasteiger partial charge in [0.05, 0.1) is 17.2 Å². The van der Waals surface area contributed by atoms with Crippen molar-refractivity contribution in [1.29, 1.82) is 0 Å². The maximum atomic E-state index is 13.4. The third-order valence-electron chi connectivity index (χ3n) is 7.11. The maximum absolute atomic E-state index is 13.4. The maximum Gasteiger partial charge on any atom is 0.243 e. The Labute approximate surface area is 215 Å². The van der Waals surface area contributed by atoms with Crippen LogP contribution in [0.25, 0.3) is 16.9 Å². The fraction of sp³-hybridized carbons (Fsp3) is 0.385. The van der Waals surface area contributed by atoms with Crippen LogP contribution in [0.5, 0.6) is 5.75 Å². The van der Waals surface area contributed by atoms with Gasteiger partial charge in [-0.1, -0.05) is 11.3 Å². The van der Waals surface area contributed by atoms with Crippen LogP contribution in [0.2, 0.25) is 0 Å². The molecule has 2 aliphatic rings. The van der Waals surface area contributed by atoms with E-state index in [-0.39, 0.29) is 0 Å². The van der Waals surface area contributed by atoms with Crippen LogP contribution in [0.1, 0.15) is 30.9 Å². The van der Waals surface area contributed by atoms with Gasteiger partial charge in [-0.15, -0.1) is 5.10 Å². The van der Waals surface area contributed by atoms with Gasteiger partial charge in [0, 0.05) is 26.2 Å². The Morgan fingerprint density at radius 2 is 1.68 bits per heavy atom. The van der Waals surface area contributed by atoms with Gasteiger partial charge in [-0.2, -0.15) is 8.99 Å². The quantitative estimate of drug-likeness (QED) is 0.383. The Hall–Kier alpha value is -3.57. The molecule has 192 valence electrons. The molecule has 2 aromatic carbocycles. The van der Waals surface area contributed by atoms with Gasteiger partial charge in [-0.05, 0) is 80.1 Å². The summed E-state index contributed by atoms with van der Waals surface area (Å²) in [6.07, 6.45) is 5.78. The van der Waals surface area contributed by atoms with E-state index in [1.807, 2.05) is 43.3 Å². The number of ether oxygens (including phenoxy) is 1. The third-order valence-corrected chi connectivity index (χ3v) is 9.00. The molecule has 0 saturated carbocycles. The van der Waals surface area contributed by atoms with Crippen LogP contribution in [-0.2, 0) is 22.9 Å². The molecule has 37 heavy (non-hydrogen) atoms. The topological polar surface area (TPSA) is 106 Å². The van der Waals surface area contributed by atoms with E-state index in [4.69, 9.17) is 4.74 Å². The predicted molar refractivity (Wildman–Crippen MR) is 140 cm³/mol. The Bertz CT molecular complexity index is 1530. The van der Waals surface area contributed by atoms with Crippen molar-refractivity contribution < 1.29 is 13.2 Å². The lowest BCUT2D eigenvalue weighted by molar-refractivity contribution is 0.340. The average molecular weight is 520 g/mol. The van der Waals surface area contributed by atoms with Crippen molar-refractivity contribution in [3.8, 4) is 11.4 Å². The fourth-order valence-electron chi connectivity index (χ4n) is 5.15. The summed E-state index contributed by atoms with van der Waals surface area (Å²) in [7, 11) is -3.55. The van der Waals surface area contributed by atoms with Gasteiger partial charge in [-0.25, -0.2) is 18.4 Å². The molecule has 0 unspecified atom stereocenters. The molecule has 4 aromatic rings. The van der Waals surface area contributed by atoms with Crippen LogP contribution in [0.3, 0.4) is 0 Å². The summed E-state index contributed by atoms with van der Waals surface area (Å²) in [5.74, 6) is 1.45. The second kappa shape index (κ2) is 9.71. The summed E-state index contributed by atoms with van der Waals surface area (Å²) in [4.78, 5) is 11.4. The molecule has 1 aliphatic carbocycles. The van der Waals surface area contributed by atoms with Crippen LogP contribution in [0.4, 0.5) is 5.82 Å². The van der Waals surface area contributed by atoms with Crippen molar-refractivity contribution in [3.63, 3.8) is 0 Å². The molecule has 0 radical (unpaired) electrons. The highest BCUT2D eigenvalue weighted by Gasteiger charge is 2.31. The van der Waals surface area contributed by atoms with Gasteiger partial charge in [0.15, 0.2) is 17.0 Å². The van der Waals surface area contributed by atoms with Crippen LogP contribution in [0.15, 0.2) is 53.7 Å². The molecule has 11 heteroatoms. The normalized spacial score (nSPS) is 16.6. The first-order valence-electron chi connectivity index (χ1n) is 12.7. The standard InChI is InChI=1S/C26H29N7O3S/c1-2-36-22-10-8-21(9-11-22)33-26-24(29-30-33)25(27-18-28-26)31-13-15-32(16-14-31)37(34,35)23-12-7-19-5-3-4-6-20(19)17-23/h7-12,17-18H,2-6,13-16H2,1H3. The Morgan fingerprint density at radius 1 is 0.919 bits per heavy atom. The van der Waals surface area contributed by atoms with Crippen molar-refractivity contribution in [1.82, 2.24) is 29.3 Å². The SMILES string of the molecule is CCOc1ccc(-n2nnc3c(N4CCN(S(=O)(=O)c5ccc6c(c5)CCCC6)CC4)ncnc32)cc1. The van der Waals surface area contributed by atoms with Gasteiger partial charge in [0.25, 0.3) is 0 Å². The lowest BCUT2D eigenvalue weighted by Gasteiger charge is -2.34. The zero-order valence-corrected chi connectivity index (χ0v) is 21.6. The van der Waals surface area contributed by atoms with E-state index in [1.165, 1.54) is 23.9 Å². The molecule has 10 nitrogen and oxygen atoms in total. The monoisotopic (exact) mass is 519 g/mol. The predicted octanol–water partition coefficient (Wildman–Crippen LogP) is 3.00. The molecular weight excluding hydrogens is 490 g/mol. The largest absolute Gasteiger partial charge is 0.494 e. The summed E-state index contributed by atoms with van der Waals surface area (Å²) in [6, 6.07) is 13.2. The fourth-order valence-corrected chi connectivity index (χ4v) is 6.63. The molecule has 3 heterocycles. The van der Waals surface area contributed by atoms with Crippen LogP contribution in [-0.4, -0.2) is 70.5 Å². The number of aryl methyl sites for hydroxylation is 2. The number of fused-ring (bicyclic) bond motifs is 2. The highest BCUT2D eigenvalue weighted by atomic mass is 32.2. The summed E-state index contributed by atoms with van der Waals surface area (Å²) in [5, 5.41) is 8.68. The first-order valence-corrected chi connectivity index (χ1v) is 14.1. The number of hydrogen-bond donors (Lipinski definition) is 0. The van der Waals surface area contributed by atoms with Gasteiger partial charge in [-0.3, -0.25) is 0 Å². The minimum absolute atomic E-state index is 0.373. The van der Waals surface area contributed by atoms with Gasteiger partial charge in [0.1, 0.15) is 12.1 Å². The Balaban J connectivity index is 1.20. The van der Waals surface area contributed by atoms with E-state index >= 15 is 0 Å². The number of rotatable bonds is 6. The summed E-state index contributed by atoms with van der Waals surface area (Å²) in [5.41, 5.74) is 4.45. The second-order valence-corrected chi connectivity index (χ2v) is 11.3. The number of piperazine rings is 1. The highest BCUT2D eigenvalue weighted by molar-refractivity contribution is 7.89. The molecule has 0 N–H and O–H groups in total. The van der Waals surface area contributed by atoms with Crippen molar-refractivity contribution in [3.05, 3.63) is 59.9 Å². The lowest BCUT2D eigenvalue weighted by atomic mass is 9.92. The molecule has 6 rings (SSSR count). The molecular formula is C26H29N7O3S. The zero-order valence-electron chi connectivity index (χ0n) is 20.7. The lowest BCUT2D eigenvalue weighted by Crippen LogP contribution is -2.49. The van der Waals surface area contributed by atoms with Crippen LogP contribution < -0.4 is 9.64 Å². The second-order valence-electron chi connectivity index (χ2n) is 9.33. The number of sulfonamides is 1. The molecule has 0 atom stereocenters. The average Bonchev–Trinajstić information content (AvgIpc) is 3.38. The summed E-state index contributed by atoms with van der Waals surface area (Å²) >= 11 is 0. The van der Waals surface area contributed by atoms with Crippen LogP contribution in [0, 0.1) is 0 Å². The molecule has 0 bridgehead atoms. The number of aromatic nitrogens is 5. The van der Waals surface area contributed by atoms with Crippen LogP contribution >= 0.6 is 0 Å². The van der Waals surface area contributed by atoms with Crippen molar-refractivity contribution in [2.24, 2.45) is 0 Å². The van der Waals surface area contributed by atoms with Gasteiger partial charge >= 0.3 is 0 Å². The molecule has 2 aromatic heterocycles. The van der Waals surface area contributed by atoms with Crippen molar-refractivity contribution >= 4 is 27.0 Å². The zero-order chi connectivity index (χ0) is 25.4. The number of anilines is 1. The summed E-state index contributed by atoms with van der Waals surface area (Å²) in [6.45, 7) is 4.30. The number of nitrogens with zero attached hydrogens (tertiary/aromatic N) is 7. The number of benzene rings is 2. The number of hydrogen-bond acceptors (Lipinski definition) is 8. The smallest absolute Gasteiger partial charge is 0.243 e. The minimum Gasteiger partial charge on any atom is -0.494 e. The Kier molecular flexibility index (Phi) is 6.25.